The molecule has 0 radical (unpaired) electrons. The first kappa shape index (κ1) is 24.5. The summed E-state index contributed by atoms with van der Waals surface area (Å²) in [7, 11) is 1.39. The van der Waals surface area contributed by atoms with Crippen molar-refractivity contribution < 1.29 is 27.1 Å². The molecule has 0 aliphatic rings. The maximum atomic E-state index is 14.2. The fourth-order valence-electron chi connectivity index (χ4n) is 4.23. The molecule has 8 heteroatoms. The van der Waals surface area contributed by atoms with Gasteiger partial charge >= 0.3 is 6.18 Å². The van der Waals surface area contributed by atoms with Crippen LogP contribution >= 0.6 is 0 Å². The number of hydrogen-bond acceptors (Lipinski definition) is 3. The second-order valence-corrected chi connectivity index (χ2v) is 8.39. The zero-order valence-corrected chi connectivity index (χ0v) is 18.7. The first-order valence-electron chi connectivity index (χ1n) is 10.5. The molecule has 3 aromatic rings. The highest BCUT2D eigenvalue weighted by Crippen LogP contribution is 2.42. The van der Waals surface area contributed by atoms with Gasteiger partial charge in [0.1, 0.15) is 17.6 Å². The molecule has 0 bridgehead atoms. The fourth-order valence-corrected chi connectivity index (χ4v) is 4.23. The lowest BCUT2D eigenvalue weighted by Gasteiger charge is -2.36. The van der Waals surface area contributed by atoms with Crippen LogP contribution in [0.1, 0.15) is 37.8 Å². The van der Waals surface area contributed by atoms with Gasteiger partial charge in [-0.2, -0.15) is 13.2 Å². The summed E-state index contributed by atoms with van der Waals surface area (Å²) in [6.45, 7) is 2.69. The van der Waals surface area contributed by atoms with E-state index in [0.29, 0.717) is 17.7 Å². The van der Waals surface area contributed by atoms with Crippen LogP contribution in [0.5, 0.6) is 5.75 Å². The number of methoxy groups -OCH3 is 1. The molecule has 1 amide bonds. The third-order valence-corrected chi connectivity index (χ3v) is 5.92. The Bertz CT molecular complexity index is 1130. The number of aromatic nitrogens is 1. The third kappa shape index (κ3) is 5.80. The first-order chi connectivity index (χ1) is 15.5. The average Bonchev–Trinajstić information content (AvgIpc) is 2.76. The van der Waals surface area contributed by atoms with Gasteiger partial charge in [0.15, 0.2) is 0 Å². The number of alkyl halides is 3. The number of nitrogens with zero attached hydrogens (tertiary/aromatic N) is 1. The number of para-hydroxylation sites is 1. The van der Waals surface area contributed by atoms with Gasteiger partial charge in [-0.3, -0.25) is 9.78 Å². The Labute approximate surface area is 190 Å². The average molecular weight is 462 g/mol. The summed E-state index contributed by atoms with van der Waals surface area (Å²) in [5.41, 5.74) is 0.861. The number of benzene rings is 2. The molecule has 4 nitrogen and oxygen atoms in total. The van der Waals surface area contributed by atoms with E-state index in [9.17, 15) is 22.4 Å². The number of carbonyl (C=O) groups excluding carboxylic acids is 1. The van der Waals surface area contributed by atoms with Gasteiger partial charge in [0.2, 0.25) is 5.91 Å². The summed E-state index contributed by atoms with van der Waals surface area (Å²) in [4.78, 5) is 15.9. The fraction of sp³-hybridized carbons (Fsp3) is 0.360. The van der Waals surface area contributed by atoms with Gasteiger partial charge in [0.25, 0.3) is 0 Å². The SMILES string of the molecule is COc1ccc(F)cc1C(C)(CCc1ccnc2ccccc12)CC(NC(C)=O)C(F)(F)F. The van der Waals surface area contributed by atoms with Crippen molar-refractivity contribution in [3.8, 4) is 5.75 Å². The minimum atomic E-state index is -4.67. The minimum absolute atomic E-state index is 0.257. The number of hydrogen-bond donors (Lipinski definition) is 1. The zero-order valence-electron chi connectivity index (χ0n) is 18.7. The van der Waals surface area contributed by atoms with Gasteiger partial charge in [-0.1, -0.05) is 25.1 Å². The summed E-state index contributed by atoms with van der Waals surface area (Å²) in [6, 6.07) is 11.1. The smallest absolute Gasteiger partial charge is 0.408 e. The Hall–Kier alpha value is -3.16. The van der Waals surface area contributed by atoms with Crippen molar-refractivity contribution in [1.29, 1.82) is 0 Å². The molecule has 1 heterocycles. The number of amides is 1. The van der Waals surface area contributed by atoms with Gasteiger partial charge in [-0.15, -0.1) is 0 Å². The van der Waals surface area contributed by atoms with Crippen LogP contribution in [-0.4, -0.2) is 30.2 Å². The van der Waals surface area contributed by atoms with Crippen molar-refractivity contribution in [3.05, 3.63) is 71.7 Å². The van der Waals surface area contributed by atoms with Gasteiger partial charge in [-0.05, 0) is 60.6 Å². The summed E-state index contributed by atoms with van der Waals surface area (Å²) in [5.74, 6) is -1.07. The number of ether oxygens (including phenoxy) is 1. The molecule has 0 aliphatic carbocycles. The Morgan fingerprint density at radius 3 is 2.55 bits per heavy atom. The van der Waals surface area contributed by atoms with Crippen molar-refractivity contribution in [2.45, 2.75) is 50.7 Å². The second kappa shape index (κ2) is 9.77. The maximum absolute atomic E-state index is 14.2. The summed E-state index contributed by atoms with van der Waals surface area (Å²) >= 11 is 0. The van der Waals surface area contributed by atoms with E-state index in [1.165, 1.54) is 25.3 Å². The molecule has 0 spiro atoms. The molecule has 0 fully saturated rings. The number of halogens is 4. The normalized spacial score (nSPS) is 14.5. The molecule has 0 saturated carbocycles. The number of carbonyl (C=O) groups is 1. The van der Waals surface area contributed by atoms with Gasteiger partial charge < -0.3 is 10.1 Å². The lowest BCUT2D eigenvalue weighted by molar-refractivity contribution is -0.165. The molecule has 2 aromatic carbocycles. The number of nitrogens with one attached hydrogen (secondary N) is 1. The van der Waals surface area contributed by atoms with Crippen molar-refractivity contribution in [2.75, 3.05) is 7.11 Å². The van der Waals surface area contributed by atoms with Crippen molar-refractivity contribution >= 4 is 16.8 Å². The highest BCUT2D eigenvalue weighted by Gasteiger charge is 2.45. The van der Waals surface area contributed by atoms with E-state index in [-0.39, 0.29) is 6.42 Å². The topological polar surface area (TPSA) is 51.2 Å². The van der Waals surface area contributed by atoms with Gasteiger partial charge in [0.05, 0.1) is 12.6 Å². The second-order valence-electron chi connectivity index (χ2n) is 8.39. The molecular formula is C25H26F4N2O2. The van der Waals surface area contributed by atoms with Crippen LogP contribution < -0.4 is 10.1 Å². The van der Waals surface area contributed by atoms with Gasteiger partial charge in [0, 0.05) is 24.1 Å². The summed E-state index contributed by atoms with van der Waals surface area (Å²) in [6.07, 6.45) is -2.81. The first-order valence-corrected chi connectivity index (χ1v) is 10.5. The minimum Gasteiger partial charge on any atom is -0.496 e. The van der Waals surface area contributed by atoms with Crippen LogP contribution in [0.3, 0.4) is 0 Å². The molecule has 2 atom stereocenters. The summed E-state index contributed by atoms with van der Waals surface area (Å²) in [5, 5.41) is 2.92. The Morgan fingerprint density at radius 1 is 1.15 bits per heavy atom. The number of fused-ring (bicyclic) bond motifs is 1. The molecule has 0 aliphatic heterocycles. The lowest BCUT2D eigenvalue weighted by atomic mass is 9.72. The van der Waals surface area contributed by atoms with E-state index >= 15 is 0 Å². The van der Waals surface area contributed by atoms with E-state index < -0.39 is 35.8 Å². The summed E-state index contributed by atoms with van der Waals surface area (Å²) < 4.78 is 61.1. The molecule has 1 aromatic heterocycles. The van der Waals surface area contributed by atoms with E-state index in [2.05, 4.69) is 4.98 Å². The van der Waals surface area contributed by atoms with Crippen LogP contribution in [0.4, 0.5) is 17.6 Å². The monoisotopic (exact) mass is 462 g/mol. The van der Waals surface area contributed by atoms with Crippen molar-refractivity contribution in [1.82, 2.24) is 10.3 Å². The number of pyridine rings is 1. The van der Waals surface area contributed by atoms with Crippen molar-refractivity contribution in [3.63, 3.8) is 0 Å². The molecule has 1 N–H and O–H groups in total. The highest BCUT2D eigenvalue weighted by atomic mass is 19.4. The predicted molar refractivity (Wildman–Crippen MR) is 119 cm³/mol. The highest BCUT2D eigenvalue weighted by molar-refractivity contribution is 5.81. The van der Waals surface area contributed by atoms with E-state index in [1.54, 1.807) is 13.1 Å². The Balaban J connectivity index is 2.04. The quantitative estimate of drug-likeness (QED) is 0.435. The zero-order chi connectivity index (χ0) is 24.2. The van der Waals surface area contributed by atoms with E-state index in [0.717, 1.165) is 23.4 Å². The van der Waals surface area contributed by atoms with Crippen LogP contribution in [0.15, 0.2) is 54.7 Å². The third-order valence-electron chi connectivity index (χ3n) is 5.92. The molecule has 176 valence electrons. The van der Waals surface area contributed by atoms with Crippen LogP contribution in [0.25, 0.3) is 10.9 Å². The number of rotatable bonds is 8. The van der Waals surface area contributed by atoms with Crippen LogP contribution in [0, 0.1) is 5.82 Å². The van der Waals surface area contributed by atoms with E-state index in [1.807, 2.05) is 35.6 Å². The largest absolute Gasteiger partial charge is 0.496 e. The van der Waals surface area contributed by atoms with Crippen LogP contribution in [-0.2, 0) is 16.6 Å². The molecular weight excluding hydrogens is 436 g/mol. The Morgan fingerprint density at radius 2 is 1.88 bits per heavy atom. The molecule has 0 saturated heterocycles. The van der Waals surface area contributed by atoms with Crippen molar-refractivity contribution in [2.24, 2.45) is 0 Å². The predicted octanol–water partition coefficient (Wildman–Crippen LogP) is 5.73. The van der Waals surface area contributed by atoms with E-state index in [4.69, 9.17) is 4.74 Å². The molecule has 3 rings (SSSR count). The molecule has 2 unspecified atom stereocenters. The Kier molecular flexibility index (Phi) is 7.25. The standard InChI is InChI=1S/C25H26F4N2O2/c1-16(32)31-23(25(27,28)29)15-24(2,20-14-18(26)8-9-22(20)33-3)12-10-17-11-13-30-21-7-5-4-6-19(17)21/h4-9,11,13-14,23H,10,12,15H2,1-3H3,(H,31,32). The maximum Gasteiger partial charge on any atom is 0.408 e. The molecule has 33 heavy (non-hydrogen) atoms. The lowest BCUT2D eigenvalue weighted by Crippen LogP contribution is -2.48. The van der Waals surface area contributed by atoms with Gasteiger partial charge in [-0.25, -0.2) is 4.39 Å². The number of aryl methyl sites for hydroxylation is 1. The van der Waals surface area contributed by atoms with Crippen LogP contribution in [0.2, 0.25) is 0 Å².